The maximum Gasteiger partial charge on any atom is 1.00 e. The largest absolute Gasteiger partial charge is 1.00 e. The molecule has 0 saturated heterocycles. The van der Waals surface area contributed by atoms with Crippen molar-refractivity contribution in [1.82, 2.24) is 5.32 Å². The van der Waals surface area contributed by atoms with Gasteiger partial charge < -0.3 is 16.4 Å². The molecule has 3 unspecified atom stereocenters. The molecule has 0 fully saturated rings. The topological polar surface area (TPSA) is 133 Å². The van der Waals surface area contributed by atoms with E-state index in [2.05, 4.69) is 12.2 Å². The van der Waals surface area contributed by atoms with Crippen molar-refractivity contribution in [3.63, 3.8) is 0 Å². The van der Waals surface area contributed by atoms with Crippen LogP contribution in [-0.2, 0) is 19.6 Å². The quantitative estimate of drug-likeness (QED) is 0.0450. The Bertz CT molecular complexity index is 605. The van der Waals surface area contributed by atoms with E-state index < -0.39 is 40.4 Å². The number of hydrogen-bond acceptors (Lipinski definition) is 7. The fraction of sp³-hybridized carbons (Fsp3) is 0.964. The van der Waals surface area contributed by atoms with Crippen molar-refractivity contribution < 1.29 is 63.7 Å². The summed E-state index contributed by atoms with van der Waals surface area (Å²) in [7, 11) is -4.12. The number of carbonyl (C=O) groups is 1. The summed E-state index contributed by atoms with van der Waals surface area (Å²) in [4.78, 5) is 11.0. The van der Waals surface area contributed by atoms with E-state index in [4.69, 9.17) is 19.5 Å². The zero-order valence-corrected chi connectivity index (χ0v) is 28.1. The van der Waals surface area contributed by atoms with Crippen LogP contribution in [0.4, 0.5) is 0 Å². The van der Waals surface area contributed by atoms with Gasteiger partial charge in [-0.05, 0) is 26.7 Å². The molecule has 0 aromatic rings. The Morgan fingerprint density at radius 2 is 1.05 bits per heavy atom. The molecular formula is C28H60NNaO7S. The fourth-order valence-electron chi connectivity index (χ4n) is 4.27. The van der Waals surface area contributed by atoms with Gasteiger partial charge >= 0.3 is 35.5 Å². The van der Waals surface area contributed by atoms with Crippen LogP contribution in [0.1, 0.15) is 151 Å². The predicted molar refractivity (Wildman–Crippen MR) is 153 cm³/mol. The van der Waals surface area contributed by atoms with E-state index in [0.29, 0.717) is 6.42 Å². The number of rotatable bonds is 24. The van der Waals surface area contributed by atoms with Gasteiger partial charge in [-0.25, -0.2) is 0 Å². The summed E-state index contributed by atoms with van der Waals surface area (Å²) >= 11 is 0. The van der Waals surface area contributed by atoms with E-state index in [-0.39, 0.29) is 31.0 Å². The van der Waals surface area contributed by atoms with Crippen LogP contribution in [0.25, 0.3) is 0 Å². The Hall–Kier alpha value is 0.260. The molecule has 0 aliphatic carbocycles. The van der Waals surface area contributed by atoms with Crippen LogP contribution in [0.2, 0.25) is 0 Å². The Morgan fingerprint density at radius 3 is 1.29 bits per heavy atom. The maximum absolute atomic E-state index is 11.0. The number of ether oxygens (including phenoxy) is 1. The molecule has 0 aliphatic heterocycles. The summed E-state index contributed by atoms with van der Waals surface area (Å²) in [5.41, 5.74) is 0. The van der Waals surface area contributed by atoms with Gasteiger partial charge in [-0.1, -0.05) is 116 Å². The predicted octanol–water partition coefficient (Wildman–Crippen LogP) is 3.61. The smallest absolute Gasteiger partial charge is 1.00 e. The molecule has 38 heavy (non-hydrogen) atoms. The monoisotopic (exact) mass is 577 g/mol. The third kappa shape index (κ3) is 40.8. The van der Waals surface area contributed by atoms with E-state index in [1.54, 1.807) is 13.8 Å². The first-order valence-corrected chi connectivity index (χ1v) is 16.3. The average Bonchev–Trinajstić information content (AvgIpc) is 2.76. The minimum Gasteiger partial charge on any atom is -1.00 e. The molecule has 226 valence electrons. The van der Waals surface area contributed by atoms with E-state index in [1.807, 2.05) is 0 Å². The number of hydrogen-bond donors (Lipinski definition) is 4. The van der Waals surface area contributed by atoms with Crippen LogP contribution >= 0.6 is 0 Å². The third-order valence-corrected chi connectivity index (χ3v) is 6.88. The number of aliphatic hydroxyl groups excluding tert-OH is 2. The molecule has 0 heterocycles. The second-order valence-corrected chi connectivity index (χ2v) is 11.8. The van der Waals surface area contributed by atoms with Gasteiger partial charge in [-0.3, -0.25) is 14.7 Å². The van der Waals surface area contributed by atoms with Crippen LogP contribution < -0.4 is 34.9 Å². The van der Waals surface area contributed by atoms with Gasteiger partial charge in [0.2, 0.25) is 0 Å². The van der Waals surface area contributed by atoms with Gasteiger partial charge in [-0.2, -0.15) is 8.42 Å². The SMILES string of the molecule is CC(O)NC(C)O.CCCCCCCCCCCCCCCCCCCCC(CS(=O)(=O)O)OC(C)=O.[H-].[Na+]. The van der Waals surface area contributed by atoms with Gasteiger partial charge in [0.05, 0.1) is 0 Å². The number of esters is 1. The van der Waals surface area contributed by atoms with Crippen molar-refractivity contribution in [2.75, 3.05) is 5.75 Å². The molecular weight excluding hydrogens is 517 g/mol. The first-order valence-electron chi connectivity index (χ1n) is 14.7. The standard InChI is InChI=1S/C24H48O5S.C4H11NO2.Na.H/c1-3-4-5-6-7-8-9-10-11-12-13-14-15-16-17-18-19-20-21-24(29-23(2)25)22-30(26,27)28;1-3(6)5-4(2)7;;/h24H,3-22H2,1-2H3,(H,26,27,28);3-7H,1-2H3;;/q;;+1;-1. The Balaban J connectivity index is -0.000000597. The summed E-state index contributed by atoms with van der Waals surface area (Å²) in [6.07, 6.45) is 21.9. The van der Waals surface area contributed by atoms with Crippen LogP contribution in [0.3, 0.4) is 0 Å². The van der Waals surface area contributed by atoms with Gasteiger partial charge in [0.25, 0.3) is 10.1 Å². The molecule has 8 nitrogen and oxygen atoms in total. The van der Waals surface area contributed by atoms with Crippen molar-refractivity contribution in [2.24, 2.45) is 0 Å². The van der Waals surface area contributed by atoms with Crippen molar-refractivity contribution in [2.45, 2.75) is 168 Å². The number of nitrogens with one attached hydrogen (secondary N) is 1. The number of carbonyl (C=O) groups excluding carboxylic acids is 1. The fourth-order valence-corrected chi connectivity index (χ4v) is 4.97. The molecule has 10 heteroatoms. The summed E-state index contributed by atoms with van der Waals surface area (Å²) < 4.78 is 35.9. The molecule has 0 aliphatic rings. The van der Waals surface area contributed by atoms with Crippen molar-refractivity contribution >= 4 is 16.1 Å². The van der Waals surface area contributed by atoms with Gasteiger partial charge in [0.15, 0.2) is 0 Å². The molecule has 4 N–H and O–H groups in total. The van der Waals surface area contributed by atoms with Crippen LogP contribution in [0, 0.1) is 0 Å². The van der Waals surface area contributed by atoms with Crippen molar-refractivity contribution in [1.29, 1.82) is 0 Å². The molecule has 3 atom stereocenters. The van der Waals surface area contributed by atoms with Crippen LogP contribution in [-0.4, -0.2) is 53.5 Å². The van der Waals surface area contributed by atoms with Gasteiger partial charge in [0, 0.05) is 6.92 Å². The molecule has 0 radical (unpaired) electrons. The minimum absolute atomic E-state index is 0. The molecule has 0 amide bonds. The average molecular weight is 578 g/mol. The molecule has 0 aromatic carbocycles. The van der Waals surface area contributed by atoms with Crippen LogP contribution in [0.15, 0.2) is 0 Å². The molecule has 0 bridgehead atoms. The number of aliphatic hydroxyl groups is 2. The zero-order chi connectivity index (χ0) is 28.4. The van der Waals surface area contributed by atoms with Gasteiger partial charge in [0.1, 0.15) is 24.3 Å². The van der Waals surface area contributed by atoms with Crippen molar-refractivity contribution in [3.05, 3.63) is 0 Å². The third-order valence-electron chi connectivity index (χ3n) is 6.09. The Labute approximate surface area is 258 Å². The molecule has 0 aromatic heterocycles. The van der Waals surface area contributed by atoms with Crippen molar-refractivity contribution in [3.8, 4) is 0 Å². The summed E-state index contributed by atoms with van der Waals surface area (Å²) in [5.74, 6) is -1.02. The number of unbranched alkanes of at least 4 members (excludes halogenated alkanes) is 17. The molecule has 0 saturated carbocycles. The van der Waals surface area contributed by atoms with Crippen LogP contribution in [0.5, 0.6) is 0 Å². The first kappa shape index (κ1) is 42.7. The second kappa shape index (κ2) is 30.2. The van der Waals surface area contributed by atoms with Gasteiger partial charge in [-0.15, -0.1) is 0 Å². The second-order valence-electron chi connectivity index (χ2n) is 10.3. The maximum atomic E-state index is 11.0. The van der Waals surface area contributed by atoms with E-state index in [0.717, 1.165) is 19.3 Å². The summed E-state index contributed by atoms with van der Waals surface area (Å²) in [6.45, 7) is 6.62. The minimum atomic E-state index is -4.12. The van der Waals surface area contributed by atoms with E-state index in [1.165, 1.54) is 103 Å². The normalized spacial score (nSPS) is 13.6. The molecule has 0 spiro atoms. The Morgan fingerprint density at radius 1 is 0.737 bits per heavy atom. The summed E-state index contributed by atoms with van der Waals surface area (Å²) in [5, 5.41) is 19.3. The zero-order valence-electron chi connectivity index (χ0n) is 26.3. The van der Waals surface area contributed by atoms with E-state index in [9.17, 15) is 13.2 Å². The van der Waals surface area contributed by atoms with E-state index >= 15 is 0 Å². The Kier molecular flexibility index (Phi) is 34.0. The molecule has 0 rings (SSSR count). The first-order chi connectivity index (χ1) is 17.5. The summed E-state index contributed by atoms with van der Waals surface area (Å²) in [6, 6.07) is 0.